The predicted octanol–water partition coefficient (Wildman–Crippen LogP) is 0.145. The van der Waals surface area contributed by atoms with Crippen LogP contribution in [-0.4, -0.2) is 45.7 Å². The molecule has 2 rings (SSSR count). The quantitative estimate of drug-likeness (QED) is 0.765. The van der Waals surface area contributed by atoms with Gasteiger partial charge in [0.2, 0.25) is 10.0 Å². The molecule has 1 heterocycles. The zero-order chi connectivity index (χ0) is 14.9. The van der Waals surface area contributed by atoms with Gasteiger partial charge in [-0.3, -0.25) is 0 Å². The lowest BCUT2D eigenvalue weighted by Crippen LogP contribution is -2.57. The Morgan fingerprint density at radius 1 is 1.10 bits per heavy atom. The summed E-state index contributed by atoms with van der Waals surface area (Å²) in [6.45, 7) is 0.303. The van der Waals surface area contributed by atoms with Gasteiger partial charge in [0.05, 0.1) is 16.8 Å². The van der Waals surface area contributed by atoms with Crippen molar-refractivity contribution in [2.45, 2.75) is 55.7 Å². The normalized spacial score (nSPS) is 27.2. The molecule has 1 saturated carbocycles. The van der Waals surface area contributed by atoms with Crippen molar-refractivity contribution < 1.29 is 16.8 Å². The van der Waals surface area contributed by atoms with Gasteiger partial charge in [0.1, 0.15) is 9.84 Å². The van der Waals surface area contributed by atoms with Crippen LogP contribution in [0, 0.1) is 0 Å². The summed E-state index contributed by atoms with van der Waals surface area (Å²) in [5, 5.41) is -0.601. The number of sulfonamides is 1. The van der Waals surface area contributed by atoms with Crippen molar-refractivity contribution in [2.75, 3.05) is 18.1 Å². The molecule has 3 N–H and O–H groups in total. The fraction of sp³-hybridized carbons (Fsp3) is 1.00. The summed E-state index contributed by atoms with van der Waals surface area (Å²) >= 11 is 0. The molecule has 6 nitrogen and oxygen atoms in total. The first-order valence-corrected chi connectivity index (χ1v) is 10.6. The van der Waals surface area contributed by atoms with Crippen LogP contribution in [0.15, 0.2) is 0 Å². The molecule has 8 heteroatoms. The van der Waals surface area contributed by atoms with Gasteiger partial charge in [0, 0.05) is 12.1 Å². The van der Waals surface area contributed by atoms with Crippen LogP contribution in [0.1, 0.15) is 44.9 Å². The minimum Gasteiger partial charge on any atom is -0.329 e. The molecule has 0 bridgehead atoms. The van der Waals surface area contributed by atoms with E-state index >= 15 is 0 Å². The average molecular weight is 324 g/mol. The van der Waals surface area contributed by atoms with Gasteiger partial charge in [-0.05, 0) is 25.7 Å². The molecule has 0 aromatic carbocycles. The van der Waals surface area contributed by atoms with Crippen molar-refractivity contribution >= 4 is 19.9 Å². The molecule has 0 radical (unpaired) electrons. The Balaban J connectivity index is 2.07. The van der Waals surface area contributed by atoms with E-state index in [-0.39, 0.29) is 24.3 Å². The van der Waals surface area contributed by atoms with E-state index < -0.39 is 30.6 Å². The number of hydrogen-bond donors (Lipinski definition) is 2. The number of nitrogens with one attached hydrogen (secondary N) is 1. The monoisotopic (exact) mass is 324 g/mol. The lowest BCUT2D eigenvalue weighted by molar-refractivity contribution is 0.275. The number of sulfone groups is 1. The third kappa shape index (κ3) is 3.72. The number of hydrogen-bond acceptors (Lipinski definition) is 5. The summed E-state index contributed by atoms with van der Waals surface area (Å²) < 4.78 is 50.5. The van der Waals surface area contributed by atoms with Crippen LogP contribution in [0.4, 0.5) is 0 Å². The van der Waals surface area contributed by atoms with Gasteiger partial charge in [0.25, 0.3) is 0 Å². The zero-order valence-corrected chi connectivity index (χ0v) is 13.3. The predicted molar refractivity (Wildman–Crippen MR) is 78.6 cm³/mol. The Bertz CT molecular complexity index is 522. The van der Waals surface area contributed by atoms with E-state index in [1.165, 1.54) is 0 Å². The van der Waals surface area contributed by atoms with Crippen LogP contribution >= 0.6 is 0 Å². The third-order valence-corrected chi connectivity index (χ3v) is 8.28. The molecule has 2 aliphatic rings. The highest BCUT2D eigenvalue weighted by molar-refractivity contribution is 7.92. The van der Waals surface area contributed by atoms with E-state index in [4.69, 9.17) is 5.73 Å². The van der Waals surface area contributed by atoms with Crippen molar-refractivity contribution in [1.29, 1.82) is 0 Å². The van der Waals surface area contributed by atoms with E-state index in [0.29, 0.717) is 6.54 Å². The maximum atomic E-state index is 12.5. The van der Waals surface area contributed by atoms with Gasteiger partial charge in [-0.1, -0.05) is 19.3 Å². The lowest BCUT2D eigenvalue weighted by atomic mass is 9.83. The SMILES string of the molecule is NCC1(NS(=O)(=O)C2CCS(=O)(=O)CC2)CCCCC1. The molecule has 0 unspecified atom stereocenters. The van der Waals surface area contributed by atoms with Crippen molar-refractivity contribution in [1.82, 2.24) is 4.72 Å². The van der Waals surface area contributed by atoms with E-state index in [0.717, 1.165) is 32.1 Å². The second kappa shape index (κ2) is 5.90. The summed E-state index contributed by atoms with van der Waals surface area (Å²) in [6.07, 6.45) is 5.01. The third-order valence-electron chi connectivity index (χ3n) is 4.50. The number of nitrogens with two attached hydrogens (primary N) is 1. The fourth-order valence-electron chi connectivity index (χ4n) is 3.14. The first kappa shape index (κ1) is 16.2. The Morgan fingerprint density at radius 2 is 1.65 bits per heavy atom. The summed E-state index contributed by atoms with van der Waals surface area (Å²) in [6, 6.07) is 0. The van der Waals surface area contributed by atoms with E-state index in [1.807, 2.05) is 0 Å². The highest BCUT2D eigenvalue weighted by Crippen LogP contribution is 2.29. The molecule has 0 spiro atoms. The van der Waals surface area contributed by atoms with Gasteiger partial charge in [-0.25, -0.2) is 21.6 Å². The summed E-state index contributed by atoms with van der Waals surface area (Å²) in [5.74, 6) is -0.0671. The molecule has 20 heavy (non-hydrogen) atoms. The first-order valence-electron chi connectivity index (χ1n) is 7.22. The van der Waals surface area contributed by atoms with Crippen molar-refractivity contribution in [2.24, 2.45) is 5.73 Å². The van der Waals surface area contributed by atoms with Crippen molar-refractivity contribution in [3.8, 4) is 0 Å². The molecule has 1 aliphatic heterocycles. The molecule has 0 aromatic rings. The van der Waals surface area contributed by atoms with E-state index in [9.17, 15) is 16.8 Å². The molecule has 118 valence electrons. The van der Waals surface area contributed by atoms with Gasteiger partial charge in [0.15, 0.2) is 0 Å². The molecule has 1 saturated heterocycles. The Labute approximate surface area is 121 Å². The minimum absolute atomic E-state index is 0.0335. The van der Waals surface area contributed by atoms with Crippen molar-refractivity contribution in [3.05, 3.63) is 0 Å². The van der Waals surface area contributed by atoms with E-state index in [2.05, 4.69) is 4.72 Å². The molecule has 0 atom stereocenters. The van der Waals surface area contributed by atoms with Gasteiger partial charge >= 0.3 is 0 Å². The van der Waals surface area contributed by atoms with Crippen LogP contribution in [0.2, 0.25) is 0 Å². The molecular formula is C12H24N2O4S2. The molecule has 1 aliphatic carbocycles. The highest BCUT2D eigenvalue weighted by atomic mass is 32.2. The van der Waals surface area contributed by atoms with Crippen LogP contribution in [-0.2, 0) is 19.9 Å². The largest absolute Gasteiger partial charge is 0.329 e. The average Bonchev–Trinajstić information content (AvgIpc) is 2.38. The molecule has 0 amide bonds. The second-order valence-corrected chi connectivity index (χ2v) is 10.3. The lowest BCUT2D eigenvalue weighted by Gasteiger charge is -2.38. The van der Waals surface area contributed by atoms with Gasteiger partial charge in [-0.15, -0.1) is 0 Å². The van der Waals surface area contributed by atoms with Crippen LogP contribution in [0.5, 0.6) is 0 Å². The summed E-state index contributed by atoms with van der Waals surface area (Å²) in [4.78, 5) is 0. The summed E-state index contributed by atoms with van der Waals surface area (Å²) in [7, 11) is -6.54. The maximum absolute atomic E-state index is 12.5. The summed E-state index contributed by atoms with van der Waals surface area (Å²) in [5.41, 5.74) is 5.27. The Hall–Kier alpha value is -0.180. The smallest absolute Gasteiger partial charge is 0.215 e. The van der Waals surface area contributed by atoms with Crippen LogP contribution in [0.25, 0.3) is 0 Å². The Kier molecular flexibility index (Phi) is 4.78. The fourth-order valence-corrected chi connectivity index (χ4v) is 6.84. The minimum atomic E-state index is -3.50. The number of rotatable bonds is 4. The highest BCUT2D eigenvalue weighted by Gasteiger charge is 2.39. The first-order chi connectivity index (χ1) is 9.29. The van der Waals surface area contributed by atoms with E-state index in [1.54, 1.807) is 0 Å². The Morgan fingerprint density at radius 3 is 2.15 bits per heavy atom. The molecular weight excluding hydrogens is 300 g/mol. The molecule has 0 aromatic heterocycles. The standard InChI is InChI=1S/C12H24N2O4S2/c13-10-12(6-2-1-3-7-12)14-20(17,18)11-4-8-19(15,16)9-5-11/h11,14H,1-10,13H2. The molecule has 2 fully saturated rings. The zero-order valence-electron chi connectivity index (χ0n) is 11.7. The van der Waals surface area contributed by atoms with Crippen LogP contribution in [0.3, 0.4) is 0 Å². The van der Waals surface area contributed by atoms with Crippen LogP contribution < -0.4 is 10.5 Å². The maximum Gasteiger partial charge on any atom is 0.215 e. The topological polar surface area (TPSA) is 106 Å². The van der Waals surface area contributed by atoms with Crippen molar-refractivity contribution in [3.63, 3.8) is 0 Å². The van der Waals surface area contributed by atoms with Gasteiger partial charge < -0.3 is 5.73 Å². The van der Waals surface area contributed by atoms with Gasteiger partial charge in [-0.2, -0.15) is 0 Å². The second-order valence-electron chi connectivity index (χ2n) is 6.04.